The van der Waals surface area contributed by atoms with Crippen molar-refractivity contribution < 1.29 is 75.2 Å². The molecule has 11 N–H and O–H groups in total. The zero-order valence-corrected chi connectivity index (χ0v) is 26.4. The summed E-state index contributed by atoms with van der Waals surface area (Å²) in [6, 6.07) is 9.20. The third-order valence-electron chi connectivity index (χ3n) is 8.98. The van der Waals surface area contributed by atoms with E-state index in [2.05, 4.69) is 0 Å². The zero-order valence-electron chi connectivity index (χ0n) is 26.4. The van der Waals surface area contributed by atoms with Gasteiger partial charge in [0.15, 0.2) is 40.6 Å². The minimum absolute atomic E-state index is 0.0173. The van der Waals surface area contributed by atoms with Crippen LogP contribution in [0.2, 0.25) is 0 Å². The van der Waals surface area contributed by atoms with E-state index in [1.54, 1.807) is 0 Å². The maximum absolute atomic E-state index is 13.6. The Labute approximate surface area is 290 Å². The Morgan fingerprint density at radius 3 is 1.79 bits per heavy atom. The number of carbonyl (C=O) groups excluding carboxylic acids is 1. The molecule has 5 aromatic carbocycles. The van der Waals surface area contributed by atoms with E-state index in [0.29, 0.717) is 0 Å². The van der Waals surface area contributed by atoms with Crippen LogP contribution in [0.5, 0.6) is 69.0 Å². The van der Waals surface area contributed by atoms with Crippen molar-refractivity contribution in [3.8, 4) is 69.0 Å². The Morgan fingerprint density at radius 2 is 1.17 bits per heavy atom. The van der Waals surface area contributed by atoms with Crippen LogP contribution in [-0.2, 0) is 17.6 Å². The molecule has 0 spiro atoms. The van der Waals surface area contributed by atoms with Gasteiger partial charge in [0.1, 0.15) is 46.7 Å². The lowest BCUT2D eigenvalue weighted by Crippen LogP contribution is -2.35. The number of phenolic OH excluding ortho intramolecular Hbond substituents is 9. The van der Waals surface area contributed by atoms with Crippen molar-refractivity contribution in [1.82, 2.24) is 0 Å². The van der Waals surface area contributed by atoms with E-state index in [4.69, 9.17) is 14.2 Å². The third-order valence-corrected chi connectivity index (χ3v) is 8.98. The average molecular weight is 717 g/mol. The molecule has 2 heterocycles. The smallest absolute Gasteiger partial charge is 0.338 e. The predicted molar refractivity (Wildman–Crippen MR) is 176 cm³/mol. The molecule has 4 atom stereocenters. The van der Waals surface area contributed by atoms with Crippen LogP contribution in [0.4, 0.5) is 0 Å². The van der Waals surface area contributed by atoms with Gasteiger partial charge < -0.3 is 70.4 Å². The normalized spacial score (nSPS) is 19.2. The number of carbonyl (C=O) groups is 1. The molecule has 2 unspecified atom stereocenters. The van der Waals surface area contributed by atoms with Gasteiger partial charge in [0.05, 0.1) is 17.1 Å². The molecule has 52 heavy (non-hydrogen) atoms. The van der Waals surface area contributed by atoms with Gasteiger partial charge in [-0.2, -0.15) is 0 Å². The summed E-state index contributed by atoms with van der Waals surface area (Å²) in [7, 11) is 0. The highest BCUT2D eigenvalue weighted by atomic mass is 16.6. The number of aliphatic hydroxyl groups excluding tert-OH is 1. The van der Waals surface area contributed by atoms with Crippen LogP contribution in [0.15, 0.2) is 59.4 Å². The lowest BCUT2D eigenvalue weighted by Gasteiger charge is -2.34. The number of aromatic hydroxyl groups is 10. The average Bonchev–Trinajstić information content (AvgIpc) is 3.20. The molecule has 7 rings (SSSR count). The van der Waals surface area contributed by atoms with Gasteiger partial charge in [0.25, 0.3) is 0 Å². The topological polar surface area (TPSA) is 284 Å². The molecule has 0 saturated heterocycles. The Bertz CT molecular complexity index is 2370. The first kappa shape index (κ1) is 33.6. The van der Waals surface area contributed by atoms with Crippen molar-refractivity contribution in [3.63, 3.8) is 0 Å². The van der Waals surface area contributed by atoms with Crippen LogP contribution in [-0.4, -0.2) is 74.3 Å². The summed E-state index contributed by atoms with van der Waals surface area (Å²) in [4.78, 5) is 27.0. The van der Waals surface area contributed by atoms with Gasteiger partial charge in [-0.25, -0.2) is 4.79 Å². The molecule has 2 aliphatic heterocycles. The number of hydrogen-bond acceptors (Lipinski definition) is 16. The van der Waals surface area contributed by atoms with Gasteiger partial charge in [0, 0.05) is 53.8 Å². The van der Waals surface area contributed by atoms with Crippen molar-refractivity contribution >= 4 is 16.7 Å². The zero-order chi connectivity index (χ0) is 37.3. The van der Waals surface area contributed by atoms with E-state index in [0.717, 1.165) is 42.5 Å². The second kappa shape index (κ2) is 12.1. The van der Waals surface area contributed by atoms with Gasteiger partial charge in [-0.1, -0.05) is 0 Å². The first-order valence-electron chi connectivity index (χ1n) is 15.4. The maximum Gasteiger partial charge on any atom is 0.338 e. The van der Waals surface area contributed by atoms with E-state index in [-0.39, 0.29) is 63.5 Å². The predicted octanol–water partition coefficient (Wildman–Crippen LogP) is 3.19. The highest BCUT2D eigenvalue weighted by molar-refractivity contribution is 5.94. The molecule has 0 saturated carbocycles. The summed E-state index contributed by atoms with van der Waals surface area (Å²) in [5.74, 6) is -8.24. The summed E-state index contributed by atoms with van der Waals surface area (Å²) in [5.41, 5.74) is -1.59. The number of phenols is 9. The van der Waals surface area contributed by atoms with E-state index >= 15 is 0 Å². The number of aliphatic hydroxyl groups is 1. The van der Waals surface area contributed by atoms with Gasteiger partial charge in [-0.05, 0) is 41.3 Å². The minimum atomic E-state index is -1.53. The summed E-state index contributed by atoms with van der Waals surface area (Å²) < 4.78 is 17.8. The molecular weight excluding hydrogens is 688 g/mol. The lowest BCUT2D eigenvalue weighted by molar-refractivity contribution is -0.0184. The number of fused-ring (bicyclic) bond motifs is 3. The number of esters is 1. The number of hydrogen-bond donors (Lipinski definition) is 11. The minimum Gasteiger partial charge on any atom is -0.508 e. The molecule has 0 bridgehead atoms. The quantitative estimate of drug-likeness (QED) is 0.0940. The largest absolute Gasteiger partial charge is 0.508 e. The van der Waals surface area contributed by atoms with E-state index in [1.165, 1.54) is 12.1 Å². The Hall–Kier alpha value is -6.94. The Kier molecular flexibility index (Phi) is 7.83. The van der Waals surface area contributed by atoms with E-state index < -0.39 is 92.8 Å². The summed E-state index contributed by atoms with van der Waals surface area (Å²) in [5, 5.41) is 114. The summed E-state index contributed by atoms with van der Waals surface area (Å²) in [6.07, 6.45) is -6.28. The number of rotatable bonds is 4. The summed E-state index contributed by atoms with van der Waals surface area (Å²) >= 11 is 0. The maximum atomic E-state index is 13.6. The van der Waals surface area contributed by atoms with Gasteiger partial charge in [-0.3, -0.25) is 4.79 Å². The molecule has 0 radical (unpaired) electrons. The van der Waals surface area contributed by atoms with Crippen molar-refractivity contribution in [3.05, 3.63) is 92.6 Å². The van der Waals surface area contributed by atoms with Crippen molar-refractivity contribution in [2.24, 2.45) is 0 Å². The fourth-order valence-corrected chi connectivity index (χ4v) is 6.53. The first-order valence-corrected chi connectivity index (χ1v) is 15.4. The molecule has 2 aliphatic rings. The first-order chi connectivity index (χ1) is 24.6. The summed E-state index contributed by atoms with van der Waals surface area (Å²) in [6.45, 7) is 0. The van der Waals surface area contributed by atoms with Crippen molar-refractivity contribution in [1.29, 1.82) is 0 Å². The monoisotopic (exact) mass is 716 g/mol. The SMILES string of the molecule is O=C(O[C@@H]1Cc2c(O)cc(O)cc2O[C@@H]1c1cc(O)c(O)c2c(=O)c(O)cc(C3Oc4cc(O)cc(O)c4CC3O)cc12)c1cc(O)c(O)c(O)c1. The molecule has 5 aromatic rings. The Morgan fingerprint density at radius 1 is 0.615 bits per heavy atom. The number of benzene rings is 4. The second-order valence-electron chi connectivity index (χ2n) is 12.4. The van der Waals surface area contributed by atoms with Crippen molar-refractivity contribution in [2.45, 2.75) is 37.3 Å². The van der Waals surface area contributed by atoms with Crippen molar-refractivity contribution in [2.75, 3.05) is 0 Å². The molecule has 16 heteroatoms. The highest BCUT2D eigenvalue weighted by Crippen LogP contribution is 2.48. The van der Waals surface area contributed by atoms with Gasteiger partial charge in [0.2, 0.25) is 5.43 Å². The fraction of sp³-hybridized carbons (Fsp3) is 0.167. The molecular formula is C36H28O16. The van der Waals surface area contributed by atoms with Gasteiger partial charge >= 0.3 is 5.97 Å². The highest BCUT2D eigenvalue weighted by Gasteiger charge is 2.39. The van der Waals surface area contributed by atoms with Crippen LogP contribution >= 0.6 is 0 Å². The Balaban J connectivity index is 1.42. The van der Waals surface area contributed by atoms with Crippen LogP contribution in [0, 0.1) is 0 Å². The van der Waals surface area contributed by atoms with Crippen LogP contribution < -0.4 is 14.9 Å². The standard InChI is InChI=1S/C36H28O16/c37-14-5-20(39)18-10-26(45)34(50-27(18)7-14)12-1-16-17(9-25(44)33(48)30(16)32(47)24(43)2-12)35-29(11-19-21(40)6-15(38)8-28(19)51-35)52-36(49)13-3-22(41)31(46)23(42)4-13/h1-9,26,29,34-35,37-42,44-46,48H,10-11H2,(H,43,47)/t26?,29-,34?,35-/m1/s1. The molecule has 268 valence electrons. The molecule has 0 fully saturated rings. The molecule has 0 aromatic heterocycles. The fourth-order valence-electron chi connectivity index (χ4n) is 6.53. The lowest BCUT2D eigenvalue weighted by atomic mass is 9.90. The van der Waals surface area contributed by atoms with Gasteiger partial charge in [-0.15, -0.1) is 0 Å². The molecule has 0 aliphatic carbocycles. The van der Waals surface area contributed by atoms with E-state index in [9.17, 15) is 65.8 Å². The molecule has 0 amide bonds. The number of ether oxygens (including phenoxy) is 3. The van der Waals surface area contributed by atoms with Crippen LogP contribution in [0.1, 0.15) is 44.8 Å². The van der Waals surface area contributed by atoms with E-state index in [1.807, 2.05) is 0 Å². The third kappa shape index (κ3) is 5.56. The van der Waals surface area contributed by atoms with Crippen LogP contribution in [0.3, 0.4) is 0 Å². The van der Waals surface area contributed by atoms with Crippen LogP contribution in [0.25, 0.3) is 10.8 Å². The molecule has 16 nitrogen and oxygen atoms in total. The second-order valence-corrected chi connectivity index (χ2v) is 12.4.